The molecule has 0 amide bonds. The Morgan fingerprint density at radius 1 is 1.12 bits per heavy atom. The zero-order chi connectivity index (χ0) is 18.5. The van der Waals surface area contributed by atoms with E-state index in [0.717, 1.165) is 12.1 Å². The molecule has 0 N–H and O–H groups in total. The smallest absolute Gasteiger partial charge is 0.174 e. The molecule has 132 valence electrons. The van der Waals surface area contributed by atoms with Crippen molar-refractivity contribution in [1.29, 1.82) is 5.26 Å². The van der Waals surface area contributed by atoms with Crippen molar-refractivity contribution in [2.75, 3.05) is 6.54 Å². The highest BCUT2D eigenvalue weighted by Crippen LogP contribution is 2.31. The van der Waals surface area contributed by atoms with E-state index in [4.69, 9.17) is 0 Å². The van der Waals surface area contributed by atoms with Crippen LogP contribution in [-0.4, -0.2) is 23.4 Å². The van der Waals surface area contributed by atoms with Gasteiger partial charge in [0.25, 0.3) is 0 Å². The summed E-state index contributed by atoms with van der Waals surface area (Å²) < 4.78 is 2.48. The van der Waals surface area contributed by atoms with Crippen LogP contribution in [0.4, 0.5) is 0 Å². The first-order valence-electron chi connectivity index (χ1n) is 9.56. The topological polar surface area (TPSA) is 26.8 Å². The zero-order valence-electron chi connectivity index (χ0n) is 15.9. The van der Waals surface area contributed by atoms with E-state index in [2.05, 4.69) is 74.0 Å². The number of hydrogen-bond donors (Lipinski definition) is 0. The molecular formula is C24H27N2+. The third-order valence-corrected chi connectivity index (χ3v) is 5.04. The molecule has 1 unspecified atom stereocenters. The zero-order valence-corrected chi connectivity index (χ0v) is 15.9. The number of nitriles is 1. The minimum Gasteiger partial charge on any atom is -0.229 e. The second-order valence-electron chi connectivity index (χ2n) is 7.32. The Balaban J connectivity index is 2.22. The van der Waals surface area contributed by atoms with E-state index in [1.165, 1.54) is 29.5 Å². The molecule has 0 saturated carbocycles. The molecule has 1 atom stereocenters. The summed E-state index contributed by atoms with van der Waals surface area (Å²) in [5, 5.41) is 9.38. The van der Waals surface area contributed by atoms with Crippen molar-refractivity contribution < 1.29 is 4.58 Å². The van der Waals surface area contributed by atoms with Crippen LogP contribution in [0.5, 0.6) is 0 Å². The maximum Gasteiger partial charge on any atom is 0.174 e. The number of nitrogens with zero attached hydrogens (tertiary/aromatic N) is 2. The highest BCUT2D eigenvalue weighted by molar-refractivity contribution is 5.92. The predicted octanol–water partition coefficient (Wildman–Crippen LogP) is 5.26. The number of benzene rings is 2. The van der Waals surface area contributed by atoms with E-state index >= 15 is 0 Å². The maximum atomic E-state index is 9.38. The van der Waals surface area contributed by atoms with Gasteiger partial charge in [0.05, 0.1) is 11.6 Å². The summed E-state index contributed by atoms with van der Waals surface area (Å²) in [7, 11) is 0. The van der Waals surface area contributed by atoms with Crippen LogP contribution in [0.3, 0.4) is 0 Å². The summed E-state index contributed by atoms with van der Waals surface area (Å²) in [4.78, 5) is 0. The lowest BCUT2D eigenvalue weighted by molar-refractivity contribution is -0.557. The fraction of sp³-hybridized carbons (Fsp3) is 0.333. The first-order valence-corrected chi connectivity index (χ1v) is 9.56. The summed E-state index contributed by atoms with van der Waals surface area (Å²) in [5.41, 5.74) is 5.49. The third kappa shape index (κ3) is 3.78. The molecule has 26 heavy (non-hydrogen) atoms. The lowest BCUT2D eigenvalue weighted by Gasteiger charge is -2.16. The molecule has 2 heteroatoms. The van der Waals surface area contributed by atoms with Crippen LogP contribution in [0, 0.1) is 17.2 Å². The second kappa shape index (κ2) is 8.15. The molecule has 2 aromatic rings. The van der Waals surface area contributed by atoms with Crippen molar-refractivity contribution in [3.63, 3.8) is 0 Å². The van der Waals surface area contributed by atoms with Gasteiger partial charge in [-0.2, -0.15) is 5.26 Å². The van der Waals surface area contributed by atoms with Gasteiger partial charge in [0, 0.05) is 17.9 Å². The molecule has 0 radical (unpaired) electrons. The molecule has 0 aliphatic carbocycles. The van der Waals surface area contributed by atoms with Crippen molar-refractivity contribution in [2.45, 2.75) is 39.7 Å². The van der Waals surface area contributed by atoms with E-state index in [-0.39, 0.29) is 0 Å². The minimum atomic E-state index is 0.342. The summed E-state index contributed by atoms with van der Waals surface area (Å²) in [6.07, 6.45) is 7.06. The van der Waals surface area contributed by atoms with Gasteiger partial charge in [0.2, 0.25) is 0 Å². The van der Waals surface area contributed by atoms with Gasteiger partial charge in [-0.25, -0.2) is 4.58 Å². The van der Waals surface area contributed by atoms with Crippen molar-refractivity contribution >= 4 is 11.8 Å². The summed E-state index contributed by atoms with van der Waals surface area (Å²) in [5.74, 6) is 0.506. The second-order valence-corrected chi connectivity index (χ2v) is 7.32. The minimum absolute atomic E-state index is 0.342. The Labute approximate surface area is 157 Å². The first kappa shape index (κ1) is 18.1. The highest BCUT2D eigenvalue weighted by atomic mass is 15.0. The maximum absolute atomic E-state index is 9.38. The standard InChI is InChI=1S/C24H27N2/c1-4-5-13-26-17-21-12-11-19(16-25)14-22(21)23(15-24(26)18(2)3)20-9-7-6-8-10-20/h6-12,14-15,17-18,24H,4-5,13H2,1-3H3/q+1. The quantitative estimate of drug-likeness (QED) is 0.680. The van der Waals surface area contributed by atoms with Crippen molar-refractivity contribution in [3.8, 4) is 6.07 Å². The Kier molecular flexibility index (Phi) is 5.68. The monoisotopic (exact) mass is 343 g/mol. The lowest BCUT2D eigenvalue weighted by Crippen LogP contribution is -2.31. The number of unbranched alkanes of at least 4 members (excludes halogenated alkanes) is 1. The van der Waals surface area contributed by atoms with Gasteiger partial charge in [-0.1, -0.05) is 57.5 Å². The van der Waals surface area contributed by atoms with Crippen LogP contribution in [0.25, 0.3) is 5.57 Å². The number of rotatable bonds is 5. The van der Waals surface area contributed by atoms with Gasteiger partial charge in [0.15, 0.2) is 12.3 Å². The van der Waals surface area contributed by atoms with Gasteiger partial charge in [-0.15, -0.1) is 0 Å². The lowest BCUT2D eigenvalue weighted by atomic mass is 9.91. The van der Waals surface area contributed by atoms with Crippen molar-refractivity contribution in [1.82, 2.24) is 0 Å². The largest absolute Gasteiger partial charge is 0.229 e. The average molecular weight is 343 g/mol. The Bertz CT molecular complexity index is 867. The third-order valence-electron chi connectivity index (χ3n) is 5.04. The summed E-state index contributed by atoms with van der Waals surface area (Å²) in [6, 6.07) is 19.2. The van der Waals surface area contributed by atoms with E-state index in [1.54, 1.807) is 0 Å². The van der Waals surface area contributed by atoms with Gasteiger partial charge in [-0.3, -0.25) is 0 Å². The van der Waals surface area contributed by atoms with Gasteiger partial charge in [0.1, 0.15) is 6.54 Å². The SMILES string of the molecule is CCCC[N+]1=Cc2ccc(C#N)cc2C(c2ccccc2)=CC1C(C)C. The van der Waals surface area contributed by atoms with Crippen molar-refractivity contribution in [2.24, 2.45) is 5.92 Å². The molecule has 0 saturated heterocycles. The molecule has 1 heterocycles. The van der Waals surface area contributed by atoms with Crippen LogP contribution in [0.2, 0.25) is 0 Å². The summed E-state index contributed by atoms with van der Waals surface area (Å²) in [6.45, 7) is 7.86. The van der Waals surface area contributed by atoms with Crippen LogP contribution >= 0.6 is 0 Å². The summed E-state index contributed by atoms with van der Waals surface area (Å²) >= 11 is 0. The van der Waals surface area contributed by atoms with Gasteiger partial charge >= 0.3 is 0 Å². The van der Waals surface area contributed by atoms with Crippen LogP contribution < -0.4 is 0 Å². The molecular weight excluding hydrogens is 316 g/mol. The van der Waals surface area contributed by atoms with Crippen molar-refractivity contribution in [3.05, 3.63) is 76.9 Å². The fourth-order valence-corrected chi connectivity index (χ4v) is 3.59. The van der Waals surface area contributed by atoms with Crippen LogP contribution in [0.15, 0.2) is 54.6 Å². The fourth-order valence-electron chi connectivity index (χ4n) is 3.59. The molecule has 2 aromatic carbocycles. The molecule has 2 nitrogen and oxygen atoms in total. The van der Waals surface area contributed by atoms with Gasteiger partial charge in [-0.05, 0) is 41.0 Å². The molecule has 0 bridgehead atoms. The van der Waals surface area contributed by atoms with E-state index in [0.29, 0.717) is 17.5 Å². The predicted molar refractivity (Wildman–Crippen MR) is 109 cm³/mol. The Hall–Kier alpha value is -2.66. The van der Waals surface area contributed by atoms with E-state index in [9.17, 15) is 5.26 Å². The number of fused-ring (bicyclic) bond motifs is 1. The molecule has 1 aliphatic rings. The Morgan fingerprint density at radius 3 is 2.54 bits per heavy atom. The highest BCUT2D eigenvalue weighted by Gasteiger charge is 2.27. The molecule has 0 aromatic heterocycles. The molecule has 0 spiro atoms. The van der Waals surface area contributed by atoms with Gasteiger partial charge < -0.3 is 0 Å². The molecule has 1 aliphatic heterocycles. The van der Waals surface area contributed by atoms with Crippen LogP contribution in [-0.2, 0) is 0 Å². The molecule has 3 rings (SSSR count). The normalized spacial score (nSPS) is 16.3. The number of hydrogen-bond acceptors (Lipinski definition) is 1. The Morgan fingerprint density at radius 2 is 1.88 bits per heavy atom. The first-order chi connectivity index (χ1) is 12.6. The van der Waals surface area contributed by atoms with E-state index < -0.39 is 0 Å². The van der Waals surface area contributed by atoms with E-state index in [1.807, 2.05) is 18.2 Å². The average Bonchev–Trinajstić information content (AvgIpc) is 2.83. The van der Waals surface area contributed by atoms with Crippen LogP contribution in [0.1, 0.15) is 55.9 Å². The molecule has 0 fully saturated rings.